The zero-order valence-electron chi connectivity index (χ0n) is 21.0. The number of nitrogen functional groups attached to an aromatic ring is 1. The second kappa shape index (κ2) is 11.3. The Morgan fingerprint density at radius 2 is 2.00 bits per heavy atom. The maximum Gasteiger partial charge on any atom is 0.293 e. The van der Waals surface area contributed by atoms with Crippen LogP contribution in [0.3, 0.4) is 0 Å². The number of hydrogen-bond donors (Lipinski definition) is 2. The molecule has 5 rings (SSSR count). The molecule has 12 nitrogen and oxygen atoms in total. The average Bonchev–Trinajstić information content (AvgIpc) is 3.53. The van der Waals surface area contributed by atoms with Crippen LogP contribution < -0.4 is 20.6 Å². The first kappa shape index (κ1) is 25.9. The van der Waals surface area contributed by atoms with Crippen molar-refractivity contribution in [1.29, 1.82) is 0 Å². The minimum Gasteiger partial charge on any atom is -0.490 e. The third-order valence-electron chi connectivity index (χ3n) is 5.77. The molecule has 0 aliphatic carbocycles. The highest BCUT2D eigenvalue weighted by Gasteiger charge is 2.21. The fraction of sp³-hybridized carbons (Fsp3) is 0.154. The van der Waals surface area contributed by atoms with Crippen molar-refractivity contribution in [3.8, 4) is 17.3 Å². The van der Waals surface area contributed by atoms with Gasteiger partial charge in [0.15, 0.2) is 17.2 Å². The molecule has 0 unspecified atom stereocenters. The lowest BCUT2D eigenvalue weighted by molar-refractivity contribution is 0.0949. The molecule has 1 amide bonds. The van der Waals surface area contributed by atoms with Crippen LogP contribution in [-0.2, 0) is 6.61 Å². The number of benzene rings is 3. The lowest BCUT2D eigenvalue weighted by Crippen LogP contribution is -2.19. The molecular weight excluding hydrogens is 568 g/mol. The number of rotatable bonds is 9. The third kappa shape index (κ3) is 5.43. The van der Waals surface area contributed by atoms with Gasteiger partial charge in [0.2, 0.25) is 11.6 Å². The summed E-state index contributed by atoms with van der Waals surface area (Å²) in [5.41, 5.74) is 10.3. The van der Waals surface area contributed by atoms with Gasteiger partial charge in [-0.2, -0.15) is 9.78 Å². The number of hydrogen-bond acceptors (Lipinski definition) is 10. The van der Waals surface area contributed by atoms with Gasteiger partial charge < -0.3 is 15.2 Å². The molecule has 5 aromatic rings. The number of fused-ring (bicyclic) bond motifs is 1. The molecule has 0 spiro atoms. The molecule has 2 heterocycles. The van der Waals surface area contributed by atoms with E-state index in [1.165, 1.54) is 10.9 Å². The Hall–Kier alpha value is -4.78. The van der Waals surface area contributed by atoms with E-state index in [0.717, 1.165) is 16.3 Å². The maximum atomic E-state index is 12.6. The van der Waals surface area contributed by atoms with Gasteiger partial charge in [0.05, 0.1) is 23.0 Å². The number of nitrogens with zero attached hydrogens (tertiary/aromatic N) is 6. The predicted molar refractivity (Wildman–Crippen MR) is 147 cm³/mol. The van der Waals surface area contributed by atoms with Crippen LogP contribution in [0.15, 0.2) is 68.8 Å². The standard InChI is InChI=1S/C26H23BrN8O4/c1-3-37-21-12-16(11-20(27)23(21)38-14-18-9-6-8-17-7-4-5-10-19(17)18)13-29-31-26(36)22-15(2)35(34-30-22)25-24(28)32-39-33-25/h4-13H,3,14H2,1-2H3,(H2,28,32)(H,31,36)/b29-13+. The topological polar surface area (TPSA) is 156 Å². The van der Waals surface area contributed by atoms with Crippen molar-refractivity contribution in [3.05, 3.63) is 81.6 Å². The van der Waals surface area contributed by atoms with E-state index in [-0.39, 0.29) is 17.3 Å². The van der Waals surface area contributed by atoms with E-state index in [9.17, 15) is 4.79 Å². The number of aromatic nitrogens is 5. The van der Waals surface area contributed by atoms with Gasteiger partial charge >= 0.3 is 0 Å². The van der Waals surface area contributed by atoms with Crippen LogP contribution in [0.4, 0.5) is 5.82 Å². The van der Waals surface area contributed by atoms with E-state index in [4.69, 9.17) is 15.2 Å². The van der Waals surface area contributed by atoms with Gasteiger partial charge in [-0.15, -0.1) is 5.10 Å². The molecule has 0 saturated heterocycles. The first-order valence-electron chi connectivity index (χ1n) is 11.9. The van der Waals surface area contributed by atoms with Crippen LogP contribution in [0.1, 0.15) is 34.2 Å². The molecule has 39 heavy (non-hydrogen) atoms. The first-order chi connectivity index (χ1) is 19.0. The van der Waals surface area contributed by atoms with Crippen molar-refractivity contribution in [3.63, 3.8) is 0 Å². The minimum absolute atomic E-state index is 0.0215. The Bertz CT molecular complexity index is 1670. The summed E-state index contributed by atoms with van der Waals surface area (Å²) < 4.78 is 18.6. The SMILES string of the molecule is CCOc1cc(/C=N/NC(=O)c2nnn(-c3nonc3N)c2C)cc(Br)c1OCc1cccc2ccccc12. The van der Waals surface area contributed by atoms with E-state index >= 15 is 0 Å². The summed E-state index contributed by atoms with van der Waals surface area (Å²) in [5.74, 6) is 0.702. The average molecular weight is 591 g/mol. The summed E-state index contributed by atoms with van der Waals surface area (Å²) in [6, 6.07) is 17.9. The number of carbonyl (C=O) groups excluding carboxylic acids is 1. The monoisotopic (exact) mass is 590 g/mol. The molecule has 198 valence electrons. The molecule has 0 bridgehead atoms. The van der Waals surface area contributed by atoms with Crippen LogP contribution >= 0.6 is 15.9 Å². The maximum absolute atomic E-state index is 12.6. The number of ether oxygens (including phenoxy) is 2. The molecular formula is C26H23BrN8O4. The highest BCUT2D eigenvalue weighted by atomic mass is 79.9. The number of halogens is 1. The molecule has 0 radical (unpaired) electrons. The second-order valence-corrected chi connectivity index (χ2v) is 9.15. The quantitative estimate of drug-likeness (QED) is 0.190. The summed E-state index contributed by atoms with van der Waals surface area (Å²) in [5, 5.41) is 21.3. The smallest absolute Gasteiger partial charge is 0.293 e. The van der Waals surface area contributed by atoms with Gasteiger partial charge in [-0.05, 0) is 74.1 Å². The zero-order valence-corrected chi connectivity index (χ0v) is 22.5. The third-order valence-corrected chi connectivity index (χ3v) is 6.36. The van der Waals surface area contributed by atoms with Crippen LogP contribution in [0.5, 0.6) is 11.5 Å². The van der Waals surface area contributed by atoms with Gasteiger partial charge in [-0.3, -0.25) is 4.79 Å². The molecule has 2 aromatic heterocycles. The van der Waals surface area contributed by atoms with Crippen molar-refractivity contribution in [1.82, 2.24) is 30.7 Å². The van der Waals surface area contributed by atoms with Gasteiger partial charge in [0, 0.05) is 0 Å². The van der Waals surface area contributed by atoms with E-state index in [1.54, 1.807) is 13.0 Å². The highest BCUT2D eigenvalue weighted by Crippen LogP contribution is 2.37. The second-order valence-electron chi connectivity index (χ2n) is 8.30. The Morgan fingerprint density at radius 1 is 1.18 bits per heavy atom. The number of nitrogens with one attached hydrogen (secondary N) is 1. The fourth-order valence-corrected chi connectivity index (χ4v) is 4.50. The van der Waals surface area contributed by atoms with Crippen LogP contribution in [0.2, 0.25) is 0 Å². The van der Waals surface area contributed by atoms with Gasteiger partial charge in [-0.1, -0.05) is 47.7 Å². The fourth-order valence-electron chi connectivity index (χ4n) is 3.93. The van der Waals surface area contributed by atoms with E-state index < -0.39 is 5.91 Å². The molecule has 0 saturated carbocycles. The van der Waals surface area contributed by atoms with Gasteiger partial charge in [-0.25, -0.2) is 10.1 Å². The Labute approximate surface area is 230 Å². The van der Waals surface area contributed by atoms with Crippen LogP contribution in [-0.4, -0.2) is 44.0 Å². The molecule has 0 aliphatic rings. The summed E-state index contributed by atoms with van der Waals surface area (Å²) in [7, 11) is 0. The number of hydrazone groups is 1. The van der Waals surface area contributed by atoms with Crippen LogP contribution in [0, 0.1) is 6.92 Å². The zero-order chi connectivity index (χ0) is 27.4. The molecule has 0 fully saturated rings. The number of amides is 1. The van der Waals surface area contributed by atoms with Crippen LogP contribution in [0.25, 0.3) is 16.6 Å². The van der Waals surface area contributed by atoms with Crippen molar-refractivity contribution >= 4 is 44.6 Å². The first-order valence-corrected chi connectivity index (χ1v) is 12.7. The highest BCUT2D eigenvalue weighted by molar-refractivity contribution is 9.10. The summed E-state index contributed by atoms with van der Waals surface area (Å²) >= 11 is 3.58. The lowest BCUT2D eigenvalue weighted by atomic mass is 10.1. The van der Waals surface area contributed by atoms with E-state index in [1.807, 2.05) is 37.3 Å². The summed E-state index contributed by atoms with van der Waals surface area (Å²) in [4.78, 5) is 12.6. The van der Waals surface area contributed by atoms with Crippen molar-refractivity contribution < 1.29 is 18.9 Å². The lowest BCUT2D eigenvalue weighted by Gasteiger charge is -2.15. The minimum atomic E-state index is -0.566. The summed E-state index contributed by atoms with van der Waals surface area (Å²) in [6.45, 7) is 4.32. The Balaban J connectivity index is 1.30. The molecule has 13 heteroatoms. The van der Waals surface area contributed by atoms with E-state index in [0.29, 0.717) is 40.4 Å². The Morgan fingerprint density at radius 3 is 2.79 bits per heavy atom. The molecule has 3 aromatic carbocycles. The van der Waals surface area contributed by atoms with Crippen molar-refractivity contribution in [2.24, 2.45) is 5.10 Å². The molecule has 0 atom stereocenters. The number of anilines is 1. The number of nitrogens with two attached hydrogens (primary N) is 1. The molecule has 0 aliphatic heterocycles. The molecule has 3 N–H and O–H groups in total. The summed E-state index contributed by atoms with van der Waals surface area (Å²) in [6.07, 6.45) is 1.49. The van der Waals surface area contributed by atoms with Gasteiger partial charge in [0.1, 0.15) is 6.61 Å². The predicted octanol–water partition coefficient (Wildman–Crippen LogP) is 4.20. The van der Waals surface area contributed by atoms with E-state index in [2.05, 4.69) is 69.9 Å². The number of carbonyl (C=O) groups is 1. The van der Waals surface area contributed by atoms with Crippen molar-refractivity contribution in [2.45, 2.75) is 20.5 Å². The largest absolute Gasteiger partial charge is 0.490 e. The normalized spacial score (nSPS) is 11.3. The Kier molecular flexibility index (Phi) is 7.50. The van der Waals surface area contributed by atoms with Gasteiger partial charge in [0.25, 0.3) is 5.91 Å². The van der Waals surface area contributed by atoms with Crippen molar-refractivity contribution in [2.75, 3.05) is 12.3 Å².